The average molecular weight is 266 g/mol. The van der Waals surface area contributed by atoms with E-state index in [4.69, 9.17) is 4.74 Å². The number of hydrogen-bond donors (Lipinski definition) is 1. The van der Waals surface area contributed by atoms with Crippen molar-refractivity contribution >= 4 is 5.97 Å². The second-order valence-electron chi connectivity index (χ2n) is 6.25. The van der Waals surface area contributed by atoms with Gasteiger partial charge in [0.1, 0.15) is 0 Å². The van der Waals surface area contributed by atoms with Gasteiger partial charge in [0.05, 0.1) is 18.6 Å². The monoisotopic (exact) mass is 266 g/mol. The van der Waals surface area contributed by atoms with Crippen LogP contribution >= 0.6 is 0 Å². The second kappa shape index (κ2) is 6.08. The number of methoxy groups -OCH3 is 1. The summed E-state index contributed by atoms with van der Waals surface area (Å²) in [5.74, 6) is 0.0361. The Labute approximate surface area is 116 Å². The Morgan fingerprint density at radius 2 is 2.11 bits per heavy atom. The normalized spacial score (nSPS) is 30.6. The highest BCUT2D eigenvalue weighted by atomic mass is 16.5. The third-order valence-corrected chi connectivity index (χ3v) is 5.03. The summed E-state index contributed by atoms with van der Waals surface area (Å²) in [6.45, 7) is 2.09. The minimum Gasteiger partial charge on any atom is -0.469 e. The molecular formula is C16H26O3. The average Bonchev–Trinajstić information content (AvgIpc) is 2.47. The summed E-state index contributed by atoms with van der Waals surface area (Å²) in [6.07, 6.45) is 9.48. The molecule has 0 saturated heterocycles. The first-order chi connectivity index (χ1) is 9.10. The van der Waals surface area contributed by atoms with E-state index in [1.807, 2.05) is 0 Å². The van der Waals surface area contributed by atoms with Gasteiger partial charge in [-0.2, -0.15) is 0 Å². The zero-order valence-corrected chi connectivity index (χ0v) is 12.2. The van der Waals surface area contributed by atoms with Gasteiger partial charge >= 0.3 is 5.97 Å². The van der Waals surface area contributed by atoms with Gasteiger partial charge in [-0.05, 0) is 44.9 Å². The lowest BCUT2D eigenvalue weighted by atomic mass is 9.65. The number of rotatable bonds is 3. The minimum atomic E-state index is -0.698. The largest absolute Gasteiger partial charge is 0.469 e. The molecule has 3 heteroatoms. The number of hydrogen-bond acceptors (Lipinski definition) is 3. The Hall–Kier alpha value is -0.830. The standard InChI is InChI=1S/C16H26O3/c1-12-8-10-16(11-9-12,15(18)19-2)14(17)13-6-4-3-5-7-13/h8,13-14,17H,3-7,9-11H2,1-2H3/t14-,16+/m0/s1. The second-order valence-corrected chi connectivity index (χ2v) is 6.25. The van der Waals surface area contributed by atoms with E-state index in [-0.39, 0.29) is 11.9 Å². The topological polar surface area (TPSA) is 46.5 Å². The predicted molar refractivity (Wildman–Crippen MR) is 74.6 cm³/mol. The molecular weight excluding hydrogens is 240 g/mol. The molecule has 1 N–H and O–H groups in total. The first kappa shape index (κ1) is 14.6. The van der Waals surface area contributed by atoms with Crippen molar-refractivity contribution in [2.75, 3.05) is 7.11 Å². The summed E-state index contributed by atoms with van der Waals surface area (Å²) < 4.78 is 5.01. The molecule has 0 aromatic rings. The van der Waals surface area contributed by atoms with Gasteiger partial charge in [0.2, 0.25) is 0 Å². The van der Waals surface area contributed by atoms with Crippen LogP contribution in [0, 0.1) is 11.3 Å². The van der Waals surface area contributed by atoms with Crippen molar-refractivity contribution in [1.29, 1.82) is 0 Å². The first-order valence-corrected chi connectivity index (χ1v) is 7.52. The van der Waals surface area contributed by atoms with Gasteiger partial charge in [0.25, 0.3) is 0 Å². The van der Waals surface area contributed by atoms with Crippen molar-refractivity contribution in [3.63, 3.8) is 0 Å². The highest BCUT2D eigenvalue weighted by Gasteiger charge is 2.49. The molecule has 0 heterocycles. The number of aliphatic hydroxyl groups is 1. The van der Waals surface area contributed by atoms with Gasteiger partial charge in [-0.25, -0.2) is 0 Å². The fourth-order valence-corrected chi connectivity index (χ4v) is 3.66. The van der Waals surface area contributed by atoms with Crippen LogP contribution in [-0.4, -0.2) is 24.3 Å². The Kier molecular flexibility index (Phi) is 4.67. The minimum absolute atomic E-state index is 0.227. The summed E-state index contributed by atoms with van der Waals surface area (Å²) in [7, 11) is 1.43. The van der Waals surface area contributed by atoms with Crippen molar-refractivity contribution in [3.8, 4) is 0 Å². The number of carbonyl (C=O) groups excluding carboxylic acids is 1. The molecule has 0 aromatic carbocycles. The molecule has 0 aliphatic heterocycles. The first-order valence-electron chi connectivity index (χ1n) is 7.52. The van der Waals surface area contributed by atoms with E-state index in [0.717, 1.165) is 25.7 Å². The van der Waals surface area contributed by atoms with Crippen molar-refractivity contribution in [3.05, 3.63) is 11.6 Å². The molecule has 0 radical (unpaired) electrons. The molecule has 2 rings (SSSR count). The quantitative estimate of drug-likeness (QED) is 0.630. The lowest BCUT2D eigenvalue weighted by molar-refractivity contribution is -0.165. The Balaban J connectivity index is 2.19. The third-order valence-electron chi connectivity index (χ3n) is 5.03. The summed E-state index contributed by atoms with van der Waals surface area (Å²) in [5, 5.41) is 10.8. The van der Waals surface area contributed by atoms with Crippen molar-refractivity contribution in [2.24, 2.45) is 11.3 Å². The van der Waals surface area contributed by atoms with E-state index >= 15 is 0 Å². The third kappa shape index (κ3) is 2.86. The zero-order valence-electron chi connectivity index (χ0n) is 12.2. The SMILES string of the molecule is COC(=O)[C@]1([C@@H](O)C2CCCCC2)CC=C(C)CC1. The maximum absolute atomic E-state index is 12.3. The van der Waals surface area contributed by atoms with Gasteiger partial charge in [-0.3, -0.25) is 4.79 Å². The number of ether oxygens (including phenoxy) is 1. The van der Waals surface area contributed by atoms with Gasteiger partial charge < -0.3 is 9.84 Å². The van der Waals surface area contributed by atoms with Crippen LogP contribution in [-0.2, 0) is 9.53 Å². The maximum atomic E-state index is 12.3. The van der Waals surface area contributed by atoms with Gasteiger partial charge in [0, 0.05) is 0 Å². The zero-order chi connectivity index (χ0) is 13.9. The Morgan fingerprint density at radius 3 is 2.63 bits per heavy atom. The molecule has 0 aromatic heterocycles. The van der Waals surface area contributed by atoms with Crippen LogP contribution in [0.1, 0.15) is 58.3 Å². The van der Waals surface area contributed by atoms with Crippen LogP contribution in [0.25, 0.3) is 0 Å². The van der Waals surface area contributed by atoms with Gasteiger partial charge in [-0.15, -0.1) is 0 Å². The molecule has 2 aliphatic carbocycles. The fraction of sp³-hybridized carbons (Fsp3) is 0.812. The smallest absolute Gasteiger partial charge is 0.314 e. The molecule has 2 aliphatic rings. The Bertz CT molecular complexity index is 355. The van der Waals surface area contributed by atoms with Gasteiger partial charge in [-0.1, -0.05) is 30.9 Å². The molecule has 1 fully saturated rings. The summed E-state index contributed by atoms with van der Waals surface area (Å²) >= 11 is 0. The van der Waals surface area contributed by atoms with E-state index in [1.165, 1.54) is 31.9 Å². The highest BCUT2D eigenvalue weighted by molar-refractivity contribution is 5.78. The van der Waals surface area contributed by atoms with E-state index in [0.29, 0.717) is 6.42 Å². The lowest BCUT2D eigenvalue weighted by Crippen LogP contribution is -2.48. The van der Waals surface area contributed by atoms with Crippen LogP contribution in [0.2, 0.25) is 0 Å². The van der Waals surface area contributed by atoms with E-state index in [2.05, 4.69) is 13.0 Å². The highest BCUT2D eigenvalue weighted by Crippen LogP contribution is 2.44. The predicted octanol–water partition coefficient (Wildman–Crippen LogP) is 3.22. The molecule has 19 heavy (non-hydrogen) atoms. The van der Waals surface area contributed by atoms with Crippen LogP contribution in [0.4, 0.5) is 0 Å². The van der Waals surface area contributed by atoms with Crippen molar-refractivity contribution < 1.29 is 14.6 Å². The van der Waals surface area contributed by atoms with E-state index in [1.54, 1.807) is 0 Å². The molecule has 2 atom stereocenters. The van der Waals surface area contributed by atoms with Crippen molar-refractivity contribution in [2.45, 2.75) is 64.4 Å². The van der Waals surface area contributed by atoms with Crippen LogP contribution in [0.3, 0.4) is 0 Å². The number of aliphatic hydroxyl groups excluding tert-OH is 1. The molecule has 3 nitrogen and oxygen atoms in total. The lowest BCUT2D eigenvalue weighted by Gasteiger charge is -2.42. The molecule has 1 saturated carbocycles. The number of allylic oxidation sites excluding steroid dienone is 2. The molecule has 0 bridgehead atoms. The molecule has 108 valence electrons. The molecule has 0 spiro atoms. The molecule has 0 amide bonds. The van der Waals surface area contributed by atoms with E-state index < -0.39 is 11.5 Å². The summed E-state index contributed by atoms with van der Waals surface area (Å²) in [5.41, 5.74) is 0.617. The number of carbonyl (C=O) groups is 1. The van der Waals surface area contributed by atoms with E-state index in [9.17, 15) is 9.90 Å². The van der Waals surface area contributed by atoms with Crippen molar-refractivity contribution in [1.82, 2.24) is 0 Å². The number of esters is 1. The fourth-order valence-electron chi connectivity index (χ4n) is 3.66. The summed E-state index contributed by atoms with van der Waals surface area (Å²) in [6, 6.07) is 0. The van der Waals surface area contributed by atoms with Crippen LogP contribution in [0.15, 0.2) is 11.6 Å². The molecule has 0 unspecified atom stereocenters. The summed E-state index contributed by atoms with van der Waals surface area (Å²) in [4.78, 5) is 12.3. The Morgan fingerprint density at radius 1 is 1.42 bits per heavy atom. The van der Waals surface area contributed by atoms with Crippen LogP contribution in [0.5, 0.6) is 0 Å². The van der Waals surface area contributed by atoms with Gasteiger partial charge in [0.15, 0.2) is 0 Å². The van der Waals surface area contributed by atoms with Crippen LogP contribution < -0.4 is 0 Å². The maximum Gasteiger partial charge on any atom is 0.314 e.